The van der Waals surface area contributed by atoms with Crippen molar-refractivity contribution in [1.82, 2.24) is 10.5 Å². The third kappa shape index (κ3) is 0.381. The summed E-state index contributed by atoms with van der Waals surface area (Å²) in [5.74, 6) is -0.269. The van der Waals surface area contributed by atoms with Crippen LogP contribution in [-0.4, -0.2) is 12.1 Å². The van der Waals surface area contributed by atoms with E-state index in [0.717, 1.165) is 0 Å². The highest BCUT2D eigenvalue weighted by molar-refractivity contribution is 6.04. The van der Waals surface area contributed by atoms with Crippen LogP contribution < -0.4 is 10.5 Å². The second-order valence-electron chi connectivity index (χ2n) is 0.843. The van der Waals surface area contributed by atoms with Gasteiger partial charge in [-0.25, -0.2) is 0 Å². The predicted molar refractivity (Wildman–Crippen MR) is 19.6 cm³/mol. The van der Waals surface area contributed by atoms with E-state index in [1.165, 1.54) is 6.21 Å². The number of nitrogens with one attached hydrogen (secondary N) is 1. The first-order valence-electron chi connectivity index (χ1n) is 1.47. The van der Waals surface area contributed by atoms with Crippen molar-refractivity contribution in [3.63, 3.8) is 0 Å². The van der Waals surface area contributed by atoms with E-state index in [-0.39, 0.29) is 5.91 Å². The Labute approximate surface area is 35.0 Å². The molecule has 1 aliphatic rings. The van der Waals surface area contributed by atoms with Gasteiger partial charge in [-0.2, -0.15) is 0 Å². The minimum atomic E-state index is -0.269. The van der Waals surface area contributed by atoms with Crippen molar-refractivity contribution in [2.45, 2.75) is 0 Å². The van der Waals surface area contributed by atoms with Crippen LogP contribution in [0.3, 0.4) is 0 Å². The fraction of sp³-hybridized carbons (Fsp3) is 0. The van der Waals surface area contributed by atoms with Crippen LogP contribution in [0, 0.1) is 6.42 Å². The van der Waals surface area contributed by atoms with Crippen LogP contribution in [-0.2, 0) is 4.79 Å². The van der Waals surface area contributed by atoms with E-state index in [4.69, 9.17) is 0 Å². The van der Waals surface area contributed by atoms with Crippen molar-refractivity contribution in [2.75, 3.05) is 0 Å². The lowest BCUT2D eigenvalue weighted by Gasteiger charge is -1.63. The van der Waals surface area contributed by atoms with Crippen LogP contribution in [0.25, 0.3) is 0 Å². The first kappa shape index (κ1) is 3.33. The molecule has 0 aliphatic carbocycles. The van der Waals surface area contributed by atoms with E-state index in [1.807, 2.05) is 0 Å². The Morgan fingerprint density at radius 1 is 2.00 bits per heavy atom. The lowest BCUT2D eigenvalue weighted by molar-refractivity contribution is -0.117. The molecule has 1 amide bonds. The zero-order chi connectivity index (χ0) is 4.41. The number of carbonyl (C=O) groups is 1. The monoisotopic (exact) mass is 82.0 g/mol. The van der Waals surface area contributed by atoms with Crippen LogP contribution in [0.1, 0.15) is 0 Å². The van der Waals surface area contributed by atoms with Gasteiger partial charge in [0.15, 0.2) is 11.5 Å². The van der Waals surface area contributed by atoms with Crippen molar-refractivity contribution in [1.29, 1.82) is 0 Å². The van der Waals surface area contributed by atoms with Crippen LogP contribution in [0.15, 0.2) is 0 Å². The standard InChI is InChI=1S/C3H2N2O/c6-3-1-2-4-5-3/h2H,(H,5,6)/q+1. The molecule has 1 heterocycles. The van der Waals surface area contributed by atoms with Crippen molar-refractivity contribution in [3.05, 3.63) is 6.42 Å². The molecule has 0 aromatic rings. The summed E-state index contributed by atoms with van der Waals surface area (Å²) < 4.78 is 0. The summed E-state index contributed by atoms with van der Waals surface area (Å²) in [6.07, 6.45) is 3.57. The molecular weight excluding hydrogens is 80.0 g/mol. The van der Waals surface area contributed by atoms with E-state index >= 15 is 0 Å². The predicted octanol–water partition coefficient (Wildman–Crippen LogP) is -1.48. The van der Waals surface area contributed by atoms with Crippen LogP contribution in [0.4, 0.5) is 0 Å². The maximum atomic E-state index is 9.90. The Morgan fingerprint density at radius 2 is 2.83 bits per heavy atom. The number of rotatable bonds is 0. The molecule has 0 fully saturated rings. The first-order chi connectivity index (χ1) is 2.89. The minimum Gasteiger partial charge on any atom is -0.268 e. The van der Waals surface area contributed by atoms with Crippen LogP contribution in [0.2, 0.25) is 0 Å². The lowest BCUT2D eigenvalue weighted by Crippen LogP contribution is -2.15. The van der Waals surface area contributed by atoms with E-state index < -0.39 is 0 Å². The third-order valence-corrected chi connectivity index (χ3v) is 0.426. The molecule has 1 rings (SSSR count). The highest BCUT2D eigenvalue weighted by atomic mass is 16.2. The van der Waals surface area contributed by atoms with Crippen LogP contribution in [0.5, 0.6) is 0 Å². The SMILES string of the molecule is O=C1[C]C=[N+]N1. The van der Waals surface area contributed by atoms with E-state index in [1.54, 1.807) is 0 Å². The van der Waals surface area contributed by atoms with Gasteiger partial charge in [-0.3, -0.25) is 4.79 Å². The summed E-state index contributed by atoms with van der Waals surface area (Å²) in [5.41, 5.74) is 2.14. The quantitative estimate of drug-likeness (QED) is 0.380. The molecule has 1 N–H and O–H groups in total. The van der Waals surface area contributed by atoms with Gasteiger partial charge in [0.25, 0.3) is 6.21 Å². The molecule has 3 nitrogen and oxygen atoms in total. The van der Waals surface area contributed by atoms with Crippen molar-refractivity contribution in [3.8, 4) is 0 Å². The maximum absolute atomic E-state index is 9.90. The van der Waals surface area contributed by atoms with Gasteiger partial charge in [0.1, 0.15) is 0 Å². The molecule has 0 spiro atoms. The molecule has 0 bridgehead atoms. The van der Waals surface area contributed by atoms with Gasteiger partial charge in [-0.05, 0) is 0 Å². The summed E-state index contributed by atoms with van der Waals surface area (Å²) in [6, 6.07) is 0. The normalized spacial score (nSPS) is 18.3. The van der Waals surface area contributed by atoms with Crippen molar-refractivity contribution >= 4 is 12.1 Å². The zero-order valence-electron chi connectivity index (χ0n) is 2.93. The van der Waals surface area contributed by atoms with Gasteiger partial charge in [0, 0.05) is 0 Å². The molecule has 3 radical (unpaired) electrons. The molecular formula is C3H2N2O+. The number of hydrazone groups is 1. The minimum absolute atomic E-state index is 0.269. The number of amides is 1. The Hall–Kier alpha value is -0.860. The van der Waals surface area contributed by atoms with E-state index in [9.17, 15) is 4.79 Å². The summed E-state index contributed by atoms with van der Waals surface area (Å²) in [5, 5.41) is 3.33. The first-order valence-corrected chi connectivity index (χ1v) is 1.47. The molecule has 0 aromatic carbocycles. The number of hydrogen-bond donors (Lipinski definition) is 1. The fourth-order valence-corrected chi connectivity index (χ4v) is 0.214. The molecule has 0 atom stereocenters. The van der Waals surface area contributed by atoms with Gasteiger partial charge in [-0.15, -0.1) is 0 Å². The van der Waals surface area contributed by atoms with E-state index in [0.29, 0.717) is 0 Å². The van der Waals surface area contributed by atoms with Gasteiger partial charge in [0.2, 0.25) is 0 Å². The number of hydrogen-bond acceptors (Lipinski definition) is 2. The third-order valence-electron chi connectivity index (χ3n) is 0.426. The number of nitrogens with zero attached hydrogens (tertiary/aromatic N) is 1. The fourth-order valence-electron chi connectivity index (χ4n) is 0.214. The molecule has 29 valence electrons. The van der Waals surface area contributed by atoms with Crippen LogP contribution >= 0.6 is 0 Å². The molecule has 6 heavy (non-hydrogen) atoms. The van der Waals surface area contributed by atoms with Gasteiger partial charge in [-0.1, -0.05) is 5.43 Å². The smallest absolute Gasteiger partial charge is 0.268 e. The number of carbonyl (C=O) groups excluding carboxylic acids is 1. The highest BCUT2D eigenvalue weighted by Crippen LogP contribution is 1.70. The van der Waals surface area contributed by atoms with E-state index in [2.05, 4.69) is 16.9 Å². The Kier molecular flexibility index (Phi) is 0.602. The Bertz CT molecular complexity index is 87.0. The van der Waals surface area contributed by atoms with Gasteiger partial charge >= 0.3 is 5.91 Å². The summed E-state index contributed by atoms with van der Waals surface area (Å²) in [4.78, 5) is 9.90. The highest BCUT2D eigenvalue weighted by Gasteiger charge is 2.14. The largest absolute Gasteiger partial charge is 0.301 e. The molecule has 0 unspecified atom stereocenters. The molecule has 0 saturated heterocycles. The Balaban J connectivity index is 2.52. The molecule has 0 saturated carbocycles. The van der Waals surface area contributed by atoms with Gasteiger partial charge in [0.05, 0.1) is 0 Å². The molecule has 0 aromatic heterocycles. The Morgan fingerprint density at radius 3 is 3.00 bits per heavy atom. The average molecular weight is 82.1 g/mol. The topological polar surface area (TPSA) is 43.2 Å². The summed E-state index contributed by atoms with van der Waals surface area (Å²) in [6.45, 7) is 0. The molecule has 1 aliphatic heterocycles. The zero-order valence-corrected chi connectivity index (χ0v) is 2.93. The van der Waals surface area contributed by atoms with Crippen molar-refractivity contribution in [2.24, 2.45) is 0 Å². The summed E-state index contributed by atoms with van der Waals surface area (Å²) in [7, 11) is 0. The second-order valence-corrected chi connectivity index (χ2v) is 0.843. The van der Waals surface area contributed by atoms with Gasteiger partial charge < -0.3 is 0 Å². The van der Waals surface area contributed by atoms with Crippen molar-refractivity contribution < 1.29 is 4.79 Å². The second kappa shape index (κ2) is 1.08. The maximum Gasteiger partial charge on any atom is 0.301 e. The molecule has 3 heteroatoms. The summed E-state index contributed by atoms with van der Waals surface area (Å²) >= 11 is 0. The lowest BCUT2D eigenvalue weighted by atomic mass is 10.5. The average Bonchev–Trinajstić information content (AvgIpc) is 1.86.